The zero-order chi connectivity index (χ0) is 17.0. The van der Waals surface area contributed by atoms with E-state index in [2.05, 4.69) is 6.92 Å². The maximum atomic E-state index is 13.3. The molecular formula is C17H22F2N2O2. The van der Waals surface area contributed by atoms with Gasteiger partial charge < -0.3 is 9.80 Å². The molecule has 1 aliphatic rings. The minimum atomic E-state index is -1.01. The summed E-state index contributed by atoms with van der Waals surface area (Å²) in [5.74, 6) is -1.80. The number of benzene rings is 1. The first-order chi connectivity index (χ1) is 10.9. The quantitative estimate of drug-likeness (QED) is 0.854. The first-order valence-electron chi connectivity index (χ1n) is 7.89. The highest BCUT2D eigenvalue weighted by Gasteiger charge is 2.22. The minimum Gasteiger partial charge on any atom is -0.342 e. The van der Waals surface area contributed by atoms with Gasteiger partial charge in [0.1, 0.15) is 0 Å². The van der Waals surface area contributed by atoms with Crippen LogP contribution >= 0.6 is 0 Å². The summed E-state index contributed by atoms with van der Waals surface area (Å²) < 4.78 is 26.4. The Morgan fingerprint density at radius 1 is 1.30 bits per heavy atom. The molecule has 1 atom stereocenters. The van der Waals surface area contributed by atoms with Crippen molar-refractivity contribution in [3.63, 3.8) is 0 Å². The van der Waals surface area contributed by atoms with Gasteiger partial charge >= 0.3 is 0 Å². The molecule has 1 heterocycles. The summed E-state index contributed by atoms with van der Waals surface area (Å²) in [6.07, 6.45) is 2.29. The van der Waals surface area contributed by atoms with Crippen LogP contribution in [-0.4, -0.2) is 36.3 Å². The molecule has 0 aliphatic carbocycles. The second-order valence-corrected chi connectivity index (χ2v) is 6.11. The topological polar surface area (TPSA) is 40.6 Å². The van der Waals surface area contributed by atoms with Gasteiger partial charge in [-0.3, -0.25) is 9.59 Å². The monoisotopic (exact) mass is 324 g/mol. The summed E-state index contributed by atoms with van der Waals surface area (Å²) in [4.78, 5) is 27.2. The number of hydrogen-bond donors (Lipinski definition) is 0. The van der Waals surface area contributed by atoms with Crippen LogP contribution < -0.4 is 4.90 Å². The number of rotatable bonds is 4. The van der Waals surface area contributed by atoms with Crippen molar-refractivity contribution in [1.29, 1.82) is 0 Å². The van der Waals surface area contributed by atoms with Crippen molar-refractivity contribution in [1.82, 2.24) is 4.90 Å². The van der Waals surface area contributed by atoms with Gasteiger partial charge in [0.05, 0.1) is 0 Å². The van der Waals surface area contributed by atoms with Crippen LogP contribution in [0.15, 0.2) is 18.2 Å². The van der Waals surface area contributed by atoms with E-state index in [0.29, 0.717) is 5.92 Å². The number of amides is 2. The predicted molar refractivity (Wildman–Crippen MR) is 84.0 cm³/mol. The van der Waals surface area contributed by atoms with E-state index in [4.69, 9.17) is 0 Å². The first kappa shape index (κ1) is 17.4. The lowest BCUT2D eigenvalue weighted by atomic mass is 10.00. The van der Waals surface area contributed by atoms with Gasteiger partial charge in [0.15, 0.2) is 11.6 Å². The fourth-order valence-corrected chi connectivity index (χ4v) is 2.90. The maximum absolute atomic E-state index is 13.3. The van der Waals surface area contributed by atoms with E-state index in [-0.39, 0.29) is 30.5 Å². The van der Waals surface area contributed by atoms with Gasteiger partial charge in [-0.25, -0.2) is 8.78 Å². The molecule has 0 spiro atoms. The Morgan fingerprint density at radius 3 is 2.65 bits per heavy atom. The van der Waals surface area contributed by atoms with Crippen molar-refractivity contribution in [2.45, 2.75) is 33.1 Å². The molecule has 1 aliphatic heterocycles. The Labute approximate surface area is 135 Å². The number of anilines is 1. The van der Waals surface area contributed by atoms with Crippen molar-refractivity contribution < 1.29 is 18.4 Å². The smallest absolute Gasteiger partial charge is 0.224 e. The Kier molecular flexibility index (Phi) is 5.69. The molecule has 23 heavy (non-hydrogen) atoms. The van der Waals surface area contributed by atoms with Gasteiger partial charge in [0, 0.05) is 44.7 Å². The molecule has 6 heteroatoms. The lowest BCUT2D eigenvalue weighted by Gasteiger charge is -2.31. The average molecular weight is 324 g/mol. The fraction of sp³-hybridized carbons (Fsp3) is 0.529. The first-order valence-corrected chi connectivity index (χ1v) is 7.89. The van der Waals surface area contributed by atoms with E-state index in [1.54, 1.807) is 0 Å². The lowest BCUT2D eigenvalue weighted by Crippen LogP contribution is -2.41. The highest BCUT2D eigenvalue weighted by molar-refractivity contribution is 5.92. The number of halogens is 2. The second kappa shape index (κ2) is 7.53. The number of carbonyl (C=O) groups is 2. The molecule has 0 saturated carbocycles. The summed E-state index contributed by atoms with van der Waals surface area (Å²) >= 11 is 0. The van der Waals surface area contributed by atoms with E-state index < -0.39 is 11.6 Å². The molecule has 1 fully saturated rings. The molecule has 1 aromatic rings. The molecule has 2 rings (SSSR count). The second-order valence-electron chi connectivity index (χ2n) is 6.11. The van der Waals surface area contributed by atoms with E-state index in [1.807, 2.05) is 4.90 Å². The zero-order valence-corrected chi connectivity index (χ0v) is 13.5. The van der Waals surface area contributed by atoms with Gasteiger partial charge in [-0.05, 0) is 30.9 Å². The maximum Gasteiger partial charge on any atom is 0.224 e. The highest BCUT2D eigenvalue weighted by atomic mass is 19.2. The molecule has 0 aromatic heterocycles. The lowest BCUT2D eigenvalue weighted by molar-refractivity contribution is -0.132. The van der Waals surface area contributed by atoms with E-state index in [0.717, 1.165) is 38.1 Å². The van der Waals surface area contributed by atoms with Crippen molar-refractivity contribution in [2.75, 3.05) is 24.5 Å². The van der Waals surface area contributed by atoms with Gasteiger partial charge in [-0.1, -0.05) is 6.92 Å². The van der Waals surface area contributed by atoms with Crippen LogP contribution in [0.4, 0.5) is 14.5 Å². The average Bonchev–Trinajstić information content (AvgIpc) is 2.50. The normalized spacial score (nSPS) is 17.9. The predicted octanol–water partition coefficient (Wildman–Crippen LogP) is 2.97. The van der Waals surface area contributed by atoms with E-state index in [9.17, 15) is 18.4 Å². The van der Waals surface area contributed by atoms with E-state index >= 15 is 0 Å². The summed E-state index contributed by atoms with van der Waals surface area (Å²) in [6, 6.07) is 3.30. The molecule has 0 radical (unpaired) electrons. The molecule has 0 bridgehead atoms. The standard InChI is InChI=1S/C17H22F2N2O2/c1-12-4-3-8-20(11-12)17(23)7-9-21(13(2)22)14-5-6-15(18)16(19)10-14/h5-6,10,12H,3-4,7-9,11H2,1-2H3. The number of nitrogens with zero attached hydrogens (tertiary/aromatic N) is 2. The number of carbonyl (C=O) groups excluding carboxylic acids is 2. The molecule has 4 nitrogen and oxygen atoms in total. The summed E-state index contributed by atoms with van der Waals surface area (Å²) in [5.41, 5.74) is 0.260. The molecule has 1 unspecified atom stereocenters. The van der Waals surface area contributed by atoms with Gasteiger partial charge in [-0.15, -0.1) is 0 Å². The number of piperidine rings is 1. The van der Waals surface area contributed by atoms with Crippen LogP contribution in [0.25, 0.3) is 0 Å². The van der Waals surface area contributed by atoms with Crippen LogP contribution in [0, 0.1) is 17.6 Å². The van der Waals surface area contributed by atoms with Gasteiger partial charge in [0.2, 0.25) is 11.8 Å². The molecule has 126 valence electrons. The Hall–Kier alpha value is -1.98. The van der Waals surface area contributed by atoms with Crippen LogP contribution in [-0.2, 0) is 9.59 Å². The van der Waals surface area contributed by atoms with Gasteiger partial charge in [0.25, 0.3) is 0 Å². The van der Waals surface area contributed by atoms with Gasteiger partial charge in [-0.2, -0.15) is 0 Å². The van der Waals surface area contributed by atoms with Crippen LogP contribution in [0.3, 0.4) is 0 Å². The summed E-state index contributed by atoms with van der Waals surface area (Å²) in [5, 5.41) is 0. The SMILES string of the molecule is CC(=O)N(CCC(=O)N1CCCC(C)C1)c1ccc(F)c(F)c1. The molecule has 1 aromatic carbocycles. The van der Waals surface area contributed by atoms with Crippen molar-refractivity contribution in [2.24, 2.45) is 5.92 Å². The van der Waals surface area contributed by atoms with Crippen molar-refractivity contribution in [3.05, 3.63) is 29.8 Å². The number of hydrogen-bond acceptors (Lipinski definition) is 2. The fourth-order valence-electron chi connectivity index (χ4n) is 2.90. The van der Waals surface area contributed by atoms with Crippen molar-refractivity contribution in [3.8, 4) is 0 Å². The summed E-state index contributed by atoms with van der Waals surface area (Å²) in [7, 11) is 0. The zero-order valence-electron chi connectivity index (χ0n) is 13.5. The third-order valence-corrected chi connectivity index (χ3v) is 4.15. The van der Waals surface area contributed by atoms with Crippen LogP contribution in [0.1, 0.15) is 33.1 Å². The Morgan fingerprint density at radius 2 is 2.04 bits per heavy atom. The third-order valence-electron chi connectivity index (χ3n) is 4.15. The Bertz CT molecular complexity index is 592. The molecule has 0 N–H and O–H groups in total. The largest absolute Gasteiger partial charge is 0.342 e. The summed E-state index contributed by atoms with van der Waals surface area (Å²) in [6.45, 7) is 5.10. The highest BCUT2D eigenvalue weighted by Crippen LogP contribution is 2.20. The Balaban J connectivity index is 2.01. The number of likely N-dealkylation sites (tertiary alicyclic amines) is 1. The minimum absolute atomic E-state index is 0.00890. The third kappa shape index (κ3) is 4.50. The molecule has 1 saturated heterocycles. The van der Waals surface area contributed by atoms with Crippen LogP contribution in [0.2, 0.25) is 0 Å². The van der Waals surface area contributed by atoms with Crippen molar-refractivity contribution >= 4 is 17.5 Å². The van der Waals surface area contributed by atoms with E-state index in [1.165, 1.54) is 17.9 Å². The molecular weight excluding hydrogens is 302 g/mol. The van der Waals surface area contributed by atoms with Crippen LogP contribution in [0.5, 0.6) is 0 Å². The molecule has 2 amide bonds.